The summed E-state index contributed by atoms with van der Waals surface area (Å²) in [5, 5.41) is 0. The fourth-order valence-corrected chi connectivity index (χ4v) is 1.64. The van der Waals surface area contributed by atoms with Crippen molar-refractivity contribution >= 4 is 0 Å². The van der Waals surface area contributed by atoms with Crippen LogP contribution in [0.15, 0.2) is 24.3 Å². The van der Waals surface area contributed by atoms with E-state index in [1.807, 2.05) is 12.1 Å². The number of aryl methyl sites for hydroxylation is 1. The van der Waals surface area contributed by atoms with Gasteiger partial charge in [0, 0.05) is 6.61 Å². The van der Waals surface area contributed by atoms with Crippen LogP contribution in [0.4, 0.5) is 0 Å². The van der Waals surface area contributed by atoms with Gasteiger partial charge in [-0.15, -0.1) is 0 Å². The molecule has 0 bridgehead atoms. The molecule has 0 radical (unpaired) electrons. The zero-order chi connectivity index (χ0) is 13.4. The molecule has 3 nitrogen and oxygen atoms in total. The number of nitrogens with two attached hydrogens (primary N) is 1. The molecular formula is C15H25NO2. The molecule has 1 atom stereocenters. The first-order chi connectivity index (χ1) is 8.59. The average molecular weight is 251 g/mol. The maximum Gasteiger partial charge on any atom is 0.0701 e. The molecule has 1 aromatic carbocycles. The molecule has 0 saturated heterocycles. The first-order valence-electron chi connectivity index (χ1n) is 6.57. The van der Waals surface area contributed by atoms with E-state index in [9.17, 15) is 0 Å². The summed E-state index contributed by atoms with van der Waals surface area (Å²) in [5.41, 5.74) is 8.41. The van der Waals surface area contributed by atoms with Crippen molar-refractivity contribution in [3.63, 3.8) is 0 Å². The highest BCUT2D eigenvalue weighted by Crippen LogP contribution is 2.12. The van der Waals surface area contributed by atoms with Crippen LogP contribution in [-0.2, 0) is 9.47 Å². The van der Waals surface area contributed by atoms with E-state index in [0.717, 1.165) is 12.2 Å². The molecule has 2 N–H and O–H groups in total. The molecule has 0 spiro atoms. The molecule has 1 unspecified atom stereocenters. The van der Waals surface area contributed by atoms with Crippen molar-refractivity contribution in [1.29, 1.82) is 0 Å². The van der Waals surface area contributed by atoms with Crippen molar-refractivity contribution in [2.75, 3.05) is 26.4 Å². The Morgan fingerprint density at radius 2 is 1.78 bits per heavy atom. The van der Waals surface area contributed by atoms with Gasteiger partial charge >= 0.3 is 0 Å². The second kappa shape index (κ2) is 8.25. The van der Waals surface area contributed by atoms with Crippen molar-refractivity contribution in [2.24, 2.45) is 11.7 Å². The molecule has 0 saturated carbocycles. The van der Waals surface area contributed by atoms with Crippen LogP contribution in [0.25, 0.3) is 0 Å². The lowest BCUT2D eigenvalue weighted by atomic mass is 10.1. The van der Waals surface area contributed by atoms with E-state index in [1.54, 1.807) is 0 Å². The summed E-state index contributed by atoms with van der Waals surface area (Å²) in [4.78, 5) is 0. The number of benzene rings is 1. The molecule has 0 aromatic heterocycles. The van der Waals surface area contributed by atoms with Crippen molar-refractivity contribution in [3.05, 3.63) is 35.4 Å². The molecule has 0 aliphatic heterocycles. The molecule has 0 amide bonds. The van der Waals surface area contributed by atoms with Gasteiger partial charge in [0.15, 0.2) is 0 Å². The lowest BCUT2D eigenvalue weighted by Gasteiger charge is -2.13. The van der Waals surface area contributed by atoms with Gasteiger partial charge in [0.25, 0.3) is 0 Å². The summed E-state index contributed by atoms with van der Waals surface area (Å²) in [7, 11) is 0. The van der Waals surface area contributed by atoms with Gasteiger partial charge in [-0.3, -0.25) is 0 Å². The Hall–Kier alpha value is -0.900. The number of rotatable bonds is 8. The minimum absolute atomic E-state index is 0.0602. The Bertz CT molecular complexity index is 339. The Balaban J connectivity index is 2.15. The standard InChI is InChI=1S/C15H25NO2/c1-12(2)10-17-7-8-18-11-15(16)14-6-4-5-13(3)9-14/h4-6,9,12,15H,7-8,10-11,16H2,1-3H3. The summed E-state index contributed by atoms with van der Waals surface area (Å²) >= 11 is 0. The van der Waals surface area contributed by atoms with E-state index in [0.29, 0.717) is 25.7 Å². The smallest absolute Gasteiger partial charge is 0.0701 e. The zero-order valence-electron chi connectivity index (χ0n) is 11.7. The van der Waals surface area contributed by atoms with Gasteiger partial charge in [-0.1, -0.05) is 43.7 Å². The van der Waals surface area contributed by atoms with Crippen LogP contribution in [0.1, 0.15) is 31.0 Å². The Morgan fingerprint density at radius 1 is 1.11 bits per heavy atom. The molecule has 3 heteroatoms. The van der Waals surface area contributed by atoms with Crippen LogP contribution in [-0.4, -0.2) is 26.4 Å². The van der Waals surface area contributed by atoms with Crippen LogP contribution in [0.5, 0.6) is 0 Å². The third-order valence-corrected chi connectivity index (χ3v) is 2.59. The highest BCUT2D eigenvalue weighted by Gasteiger charge is 2.05. The van der Waals surface area contributed by atoms with E-state index < -0.39 is 0 Å². The predicted molar refractivity (Wildman–Crippen MR) is 74.6 cm³/mol. The second-order valence-corrected chi connectivity index (χ2v) is 5.06. The molecule has 1 aromatic rings. The van der Waals surface area contributed by atoms with E-state index in [1.165, 1.54) is 5.56 Å². The predicted octanol–water partition coefficient (Wildman–Crippen LogP) is 2.68. The van der Waals surface area contributed by atoms with Gasteiger partial charge in [-0.05, 0) is 18.4 Å². The van der Waals surface area contributed by atoms with E-state index in [4.69, 9.17) is 15.2 Å². The third-order valence-electron chi connectivity index (χ3n) is 2.59. The molecule has 0 aliphatic carbocycles. The van der Waals surface area contributed by atoms with E-state index in [-0.39, 0.29) is 6.04 Å². The fraction of sp³-hybridized carbons (Fsp3) is 0.600. The van der Waals surface area contributed by atoms with Gasteiger partial charge in [-0.2, -0.15) is 0 Å². The maximum absolute atomic E-state index is 6.06. The number of hydrogen-bond donors (Lipinski definition) is 1. The molecular weight excluding hydrogens is 226 g/mol. The van der Waals surface area contributed by atoms with Crippen LogP contribution in [0.3, 0.4) is 0 Å². The summed E-state index contributed by atoms with van der Waals surface area (Å²) < 4.78 is 11.0. The van der Waals surface area contributed by atoms with Gasteiger partial charge in [0.05, 0.1) is 25.9 Å². The SMILES string of the molecule is Cc1cccc(C(N)COCCOCC(C)C)c1. The van der Waals surface area contributed by atoms with Crippen molar-refractivity contribution in [1.82, 2.24) is 0 Å². The number of hydrogen-bond acceptors (Lipinski definition) is 3. The van der Waals surface area contributed by atoms with Crippen molar-refractivity contribution in [3.8, 4) is 0 Å². The number of ether oxygens (including phenoxy) is 2. The van der Waals surface area contributed by atoms with Gasteiger partial charge in [-0.25, -0.2) is 0 Å². The Labute approximate surface area is 110 Å². The Morgan fingerprint density at radius 3 is 2.39 bits per heavy atom. The maximum atomic E-state index is 6.06. The van der Waals surface area contributed by atoms with Crippen LogP contribution in [0, 0.1) is 12.8 Å². The Kier molecular flexibility index (Phi) is 6.94. The highest BCUT2D eigenvalue weighted by molar-refractivity contribution is 5.24. The van der Waals surface area contributed by atoms with Crippen LogP contribution < -0.4 is 5.73 Å². The third kappa shape index (κ3) is 6.15. The topological polar surface area (TPSA) is 44.5 Å². The monoisotopic (exact) mass is 251 g/mol. The largest absolute Gasteiger partial charge is 0.379 e. The summed E-state index contributed by atoms with van der Waals surface area (Å²) in [5.74, 6) is 0.569. The molecule has 0 fully saturated rings. The normalized spacial score (nSPS) is 12.9. The summed E-state index contributed by atoms with van der Waals surface area (Å²) in [6.45, 7) is 8.90. The van der Waals surface area contributed by atoms with Crippen molar-refractivity contribution < 1.29 is 9.47 Å². The first-order valence-corrected chi connectivity index (χ1v) is 6.57. The van der Waals surface area contributed by atoms with Crippen molar-refractivity contribution in [2.45, 2.75) is 26.8 Å². The highest BCUT2D eigenvalue weighted by atomic mass is 16.5. The van der Waals surface area contributed by atoms with Crippen LogP contribution >= 0.6 is 0 Å². The molecule has 0 heterocycles. The molecule has 1 rings (SSSR count). The molecule has 18 heavy (non-hydrogen) atoms. The minimum Gasteiger partial charge on any atom is -0.379 e. The van der Waals surface area contributed by atoms with Gasteiger partial charge in [0.2, 0.25) is 0 Å². The van der Waals surface area contributed by atoms with E-state index >= 15 is 0 Å². The first kappa shape index (κ1) is 15.2. The summed E-state index contributed by atoms with van der Waals surface area (Å²) in [6, 6.07) is 8.17. The second-order valence-electron chi connectivity index (χ2n) is 5.06. The minimum atomic E-state index is -0.0602. The van der Waals surface area contributed by atoms with Gasteiger partial charge in [0.1, 0.15) is 0 Å². The van der Waals surface area contributed by atoms with E-state index in [2.05, 4.69) is 32.9 Å². The lowest BCUT2D eigenvalue weighted by molar-refractivity contribution is 0.0333. The van der Waals surface area contributed by atoms with Gasteiger partial charge < -0.3 is 15.2 Å². The van der Waals surface area contributed by atoms with Crippen LogP contribution in [0.2, 0.25) is 0 Å². The average Bonchev–Trinajstić information content (AvgIpc) is 2.33. The quantitative estimate of drug-likeness (QED) is 0.722. The lowest BCUT2D eigenvalue weighted by Crippen LogP contribution is -2.19. The zero-order valence-corrected chi connectivity index (χ0v) is 11.7. The fourth-order valence-electron chi connectivity index (χ4n) is 1.64. The molecule has 0 aliphatic rings. The summed E-state index contributed by atoms with van der Waals surface area (Å²) in [6.07, 6.45) is 0. The molecule has 102 valence electrons.